The van der Waals surface area contributed by atoms with E-state index in [9.17, 15) is 4.79 Å². The van der Waals surface area contributed by atoms with Crippen molar-refractivity contribution in [3.63, 3.8) is 0 Å². The lowest BCUT2D eigenvalue weighted by atomic mass is 10.1. The van der Waals surface area contributed by atoms with E-state index >= 15 is 0 Å². The molecule has 4 nitrogen and oxygen atoms in total. The summed E-state index contributed by atoms with van der Waals surface area (Å²) in [7, 11) is 0.214. The van der Waals surface area contributed by atoms with Gasteiger partial charge in [-0.1, -0.05) is 35.5 Å². The molecule has 18 heavy (non-hydrogen) atoms. The van der Waals surface area contributed by atoms with Crippen LogP contribution in [-0.4, -0.2) is 36.7 Å². The Bertz CT molecular complexity index is 404. The first-order valence-electron chi connectivity index (χ1n) is 5.51. The second-order valence-corrected chi connectivity index (χ2v) is 6.15. The third-order valence-corrected chi connectivity index (χ3v) is 2.59. The van der Waals surface area contributed by atoms with E-state index in [0.29, 0.717) is 18.3 Å². The second kappa shape index (κ2) is 7.89. The Morgan fingerprint density at radius 2 is 1.94 bits per heavy atom. The fraction of sp³-hybridized carbons (Fsp3) is 0.385. The predicted octanol–water partition coefficient (Wildman–Crippen LogP) is 1.81. The molecular weight excluding hydrogens is 250 g/mol. The number of hydrogen-bond acceptors (Lipinski definition) is 4. The second-order valence-electron chi connectivity index (χ2n) is 3.94. The average Bonchev–Trinajstić information content (AvgIpc) is 2.34. The van der Waals surface area contributed by atoms with Crippen LogP contribution < -0.4 is 0 Å². The monoisotopic (exact) mass is 268 g/mol. The van der Waals surface area contributed by atoms with E-state index in [0.717, 1.165) is 5.56 Å². The highest BCUT2D eigenvalue weighted by Crippen LogP contribution is 2.03. The van der Waals surface area contributed by atoms with Crippen LogP contribution in [-0.2, 0) is 25.3 Å². The van der Waals surface area contributed by atoms with Crippen molar-refractivity contribution in [1.29, 1.82) is 0 Å². The predicted molar refractivity (Wildman–Crippen MR) is 74.8 cm³/mol. The van der Waals surface area contributed by atoms with Crippen LogP contribution >= 0.6 is 0 Å². The molecule has 0 amide bonds. The van der Waals surface area contributed by atoms with Crippen LogP contribution in [0.1, 0.15) is 12.5 Å². The molecule has 0 aliphatic rings. The summed E-state index contributed by atoms with van der Waals surface area (Å²) in [5, 5.41) is 3.84. The van der Waals surface area contributed by atoms with Crippen molar-refractivity contribution in [3.8, 4) is 0 Å². The number of ether oxygens (including phenoxy) is 1. The van der Waals surface area contributed by atoms with Gasteiger partial charge in [0.1, 0.15) is 5.71 Å². The summed E-state index contributed by atoms with van der Waals surface area (Å²) < 4.78 is 5.53. The third kappa shape index (κ3) is 5.84. The Hall–Kier alpha value is -1.33. The fourth-order valence-electron chi connectivity index (χ4n) is 1.22. The SMILES string of the molecule is CC(=O)ON=C(COC[S+](C)C)c1ccccc1. The minimum absolute atomic E-state index is 0.214. The molecule has 0 heterocycles. The number of oxime groups is 1. The lowest BCUT2D eigenvalue weighted by molar-refractivity contribution is -0.140. The maximum absolute atomic E-state index is 10.8. The minimum atomic E-state index is -0.436. The molecule has 1 rings (SSSR count). The van der Waals surface area contributed by atoms with Crippen molar-refractivity contribution in [2.45, 2.75) is 6.92 Å². The van der Waals surface area contributed by atoms with Crippen LogP contribution in [0.15, 0.2) is 35.5 Å². The highest BCUT2D eigenvalue weighted by Gasteiger charge is 2.08. The molecule has 0 N–H and O–H groups in total. The Kier molecular flexibility index (Phi) is 6.46. The molecule has 0 radical (unpaired) electrons. The lowest BCUT2D eigenvalue weighted by Crippen LogP contribution is -2.15. The van der Waals surface area contributed by atoms with Gasteiger partial charge in [-0.05, 0) is 0 Å². The molecule has 0 aromatic heterocycles. The molecule has 0 atom stereocenters. The van der Waals surface area contributed by atoms with Gasteiger partial charge in [0.2, 0.25) is 5.94 Å². The van der Waals surface area contributed by atoms with Gasteiger partial charge in [0.15, 0.2) is 0 Å². The number of nitrogens with zero attached hydrogens (tertiary/aromatic N) is 1. The first-order chi connectivity index (χ1) is 8.59. The van der Waals surface area contributed by atoms with Gasteiger partial charge in [-0.25, -0.2) is 4.79 Å². The molecule has 5 heteroatoms. The van der Waals surface area contributed by atoms with E-state index in [2.05, 4.69) is 22.5 Å². The Balaban J connectivity index is 2.70. The zero-order chi connectivity index (χ0) is 13.4. The topological polar surface area (TPSA) is 47.9 Å². The van der Waals surface area contributed by atoms with Gasteiger partial charge in [0, 0.05) is 23.4 Å². The number of benzene rings is 1. The summed E-state index contributed by atoms with van der Waals surface area (Å²) in [4.78, 5) is 15.5. The van der Waals surface area contributed by atoms with Crippen LogP contribution in [0.25, 0.3) is 0 Å². The molecule has 0 saturated carbocycles. The van der Waals surface area contributed by atoms with Crippen molar-refractivity contribution in [2.24, 2.45) is 5.16 Å². The summed E-state index contributed by atoms with van der Waals surface area (Å²) >= 11 is 0. The third-order valence-electron chi connectivity index (χ3n) is 1.95. The number of carbonyl (C=O) groups is 1. The Labute approximate surface area is 110 Å². The molecule has 0 unspecified atom stereocenters. The number of rotatable bonds is 6. The van der Waals surface area contributed by atoms with Crippen LogP contribution in [0.2, 0.25) is 0 Å². The minimum Gasteiger partial charge on any atom is -0.329 e. The van der Waals surface area contributed by atoms with Crippen molar-refractivity contribution in [3.05, 3.63) is 35.9 Å². The molecule has 0 spiro atoms. The molecule has 1 aromatic carbocycles. The van der Waals surface area contributed by atoms with Crippen molar-refractivity contribution in [1.82, 2.24) is 0 Å². The molecule has 0 saturated heterocycles. The standard InChI is InChI=1S/C13H18NO3S/c1-11(15)17-14-13(9-16-10-18(2)3)12-7-5-4-6-8-12/h4-8H,9-10H2,1-3H3/q+1. The summed E-state index contributed by atoms with van der Waals surface area (Å²) in [5.41, 5.74) is 1.52. The number of carbonyl (C=O) groups excluding carboxylic acids is 1. The van der Waals surface area contributed by atoms with Gasteiger partial charge in [0.05, 0.1) is 19.1 Å². The van der Waals surface area contributed by atoms with E-state index in [1.54, 1.807) is 0 Å². The van der Waals surface area contributed by atoms with Gasteiger partial charge in [-0.3, -0.25) is 0 Å². The van der Waals surface area contributed by atoms with Crippen molar-refractivity contribution >= 4 is 22.6 Å². The summed E-state index contributed by atoms with van der Waals surface area (Å²) in [6, 6.07) is 9.54. The van der Waals surface area contributed by atoms with E-state index in [1.807, 2.05) is 30.3 Å². The Morgan fingerprint density at radius 3 is 2.50 bits per heavy atom. The molecule has 0 aliphatic carbocycles. The van der Waals surface area contributed by atoms with E-state index in [4.69, 9.17) is 4.74 Å². The normalized spacial score (nSPS) is 11.7. The maximum Gasteiger partial charge on any atom is 0.331 e. The highest BCUT2D eigenvalue weighted by molar-refractivity contribution is 7.95. The number of hydrogen-bond donors (Lipinski definition) is 0. The fourth-order valence-corrected chi connectivity index (χ4v) is 1.63. The molecule has 1 aromatic rings. The summed E-state index contributed by atoms with van der Waals surface area (Å²) in [6.45, 7) is 1.66. The zero-order valence-electron chi connectivity index (χ0n) is 10.9. The van der Waals surface area contributed by atoms with E-state index < -0.39 is 5.97 Å². The zero-order valence-corrected chi connectivity index (χ0v) is 11.7. The quantitative estimate of drug-likeness (QED) is 0.342. The van der Waals surface area contributed by atoms with Crippen molar-refractivity contribution in [2.75, 3.05) is 25.1 Å². The molecule has 98 valence electrons. The average molecular weight is 268 g/mol. The van der Waals surface area contributed by atoms with E-state index in [1.165, 1.54) is 6.92 Å². The largest absolute Gasteiger partial charge is 0.331 e. The molecular formula is C13H18NO3S+. The van der Waals surface area contributed by atoms with E-state index in [-0.39, 0.29) is 10.9 Å². The van der Waals surface area contributed by atoms with Crippen LogP contribution in [0.3, 0.4) is 0 Å². The summed E-state index contributed by atoms with van der Waals surface area (Å²) in [5.74, 6) is 0.237. The first-order valence-corrected chi connectivity index (χ1v) is 7.72. The summed E-state index contributed by atoms with van der Waals surface area (Å²) in [6.07, 6.45) is 4.21. The van der Waals surface area contributed by atoms with Crippen molar-refractivity contribution < 1.29 is 14.4 Å². The van der Waals surface area contributed by atoms with Crippen LogP contribution in [0.4, 0.5) is 0 Å². The molecule has 0 bridgehead atoms. The van der Waals surface area contributed by atoms with Crippen LogP contribution in [0.5, 0.6) is 0 Å². The van der Waals surface area contributed by atoms with Crippen LogP contribution in [0, 0.1) is 0 Å². The van der Waals surface area contributed by atoms with Gasteiger partial charge < -0.3 is 9.57 Å². The first kappa shape index (κ1) is 14.7. The molecule has 0 fully saturated rings. The van der Waals surface area contributed by atoms with Gasteiger partial charge in [0.25, 0.3) is 0 Å². The maximum atomic E-state index is 10.8. The Morgan fingerprint density at radius 1 is 1.28 bits per heavy atom. The smallest absolute Gasteiger partial charge is 0.329 e. The van der Waals surface area contributed by atoms with Gasteiger partial charge >= 0.3 is 5.97 Å². The lowest BCUT2D eigenvalue weighted by Gasteiger charge is -2.06. The highest BCUT2D eigenvalue weighted by atomic mass is 32.2. The molecule has 0 aliphatic heterocycles. The van der Waals surface area contributed by atoms with Gasteiger partial charge in [-0.15, -0.1) is 0 Å². The van der Waals surface area contributed by atoms with Gasteiger partial charge in [-0.2, -0.15) is 0 Å².